The van der Waals surface area contributed by atoms with Crippen molar-refractivity contribution in [3.05, 3.63) is 107 Å². The van der Waals surface area contributed by atoms with E-state index in [1.54, 1.807) is 0 Å². The zero-order valence-corrected chi connectivity index (χ0v) is 31.7. The van der Waals surface area contributed by atoms with Crippen molar-refractivity contribution >= 4 is 22.9 Å². The largest absolute Gasteiger partial charge is 0.385 e. The molecule has 2 heterocycles. The quantitative estimate of drug-likeness (QED) is 0.174. The van der Waals surface area contributed by atoms with Crippen LogP contribution in [-0.2, 0) is 15.6 Å². The number of nitrogens with two attached hydrogens (primary N) is 1. The second-order valence-electron chi connectivity index (χ2n) is 16.4. The molecule has 0 saturated heterocycles. The van der Waals surface area contributed by atoms with Gasteiger partial charge in [0.2, 0.25) is 5.69 Å². The summed E-state index contributed by atoms with van der Waals surface area (Å²) in [5.41, 5.74) is 18.1. The number of likely N-dealkylation sites (N-methyl/N-ethyl adjacent to an activating group) is 1. The number of carbonyl (C=O) groups is 1. The summed E-state index contributed by atoms with van der Waals surface area (Å²) in [6, 6.07) is 17.9. The standard InChI is InChI=1S/C45H60N4O/c1-44(2)37-18-9-11-20-39(37)48(5)41(44)28-24-33-15-14-16-34(25-29-42-45(3,4)38-19-10-12-21-40(38)49(42)6)43(33)47-30-13-7-8-17-36(50)31-32-22-26-35(46)27-23-32/h9-12,18-21,24-25,28-29,32,35H,7-8,13-17,22-23,26-27,30-31,46H2,1-6H3/p+1/b33-24+,41-28+. The van der Waals surface area contributed by atoms with Gasteiger partial charge >= 0.3 is 0 Å². The minimum atomic E-state index is -0.0529. The van der Waals surface area contributed by atoms with Gasteiger partial charge in [0.25, 0.3) is 0 Å². The Morgan fingerprint density at radius 3 is 2.36 bits per heavy atom. The van der Waals surface area contributed by atoms with Crippen molar-refractivity contribution in [3.63, 3.8) is 0 Å². The van der Waals surface area contributed by atoms with Crippen LogP contribution in [0.25, 0.3) is 0 Å². The van der Waals surface area contributed by atoms with Gasteiger partial charge in [0.1, 0.15) is 12.8 Å². The molecule has 0 spiro atoms. The van der Waals surface area contributed by atoms with Gasteiger partial charge in [0, 0.05) is 72.7 Å². The number of nitrogens with one attached hydrogen (secondary N) is 1. The van der Waals surface area contributed by atoms with Crippen LogP contribution in [-0.4, -0.2) is 42.8 Å². The minimum Gasteiger partial charge on any atom is -0.385 e. The first-order valence-corrected chi connectivity index (χ1v) is 19.4. The topological polar surface area (TPSA) is 61.4 Å². The third kappa shape index (κ3) is 7.49. The van der Waals surface area contributed by atoms with Crippen molar-refractivity contribution in [2.75, 3.05) is 25.5 Å². The number of Topliss-reactive ketones (excluding diaryl/α,β-unsaturated/α-hetero) is 1. The molecular formula is C45H61N4O+. The van der Waals surface area contributed by atoms with Gasteiger partial charge in [-0.3, -0.25) is 4.79 Å². The average Bonchev–Trinajstić information content (AvgIpc) is 3.42. The van der Waals surface area contributed by atoms with E-state index in [0.717, 1.165) is 77.2 Å². The van der Waals surface area contributed by atoms with Crippen molar-refractivity contribution < 1.29 is 9.37 Å². The SMILES string of the molecule is CN1/C(=C/C=C2\CCCC(/C=C/C3=[N+](C)c4ccccc4C3(C)C)=C2NCCCCCC(=O)CC2CCC(N)CC2)C(C)(C)c2ccccc21. The molecular weight excluding hydrogens is 613 g/mol. The first-order valence-electron chi connectivity index (χ1n) is 19.4. The number of hydrogen-bond acceptors (Lipinski definition) is 4. The summed E-state index contributed by atoms with van der Waals surface area (Å²) >= 11 is 0. The van der Waals surface area contributed by atoms with E-state index in [2.05, 4.69) is 129 Å². The van der Waals surface area contributed by atoms with Gasteiger partial charge in [-0.05, 0) is 106 Å². The molecule has 2 aromatic rings. The smallest absolute Gasteiger partial charge is 0.209 e. The summed E-state index contributed by atoms with van der Waals surface area (Å²) in [7, 11) is 4.40. The molecule has 0 atom stereocenters. The highest BCUT2D eigenvalue weighted by Gasteiger charge is 2.42. The van der Waals surface area contributed by atoms with E-state index in [4.69, 9.17) is 5.73 Å². The number of nitrogens with zero attached hydrogens (tertiary/aromatic N) is 2. The Morgan fingerprint density at radius 1 is 0.900 bits per heavy atom. The van der Waals surface area contributed by atoms with Crippen molar-refractivity contribution in [2.45, 2.75) is 122 Å². The number of rotatable bonds is 12. The maximum absolute atomic E-state index is 12.7. The van der Waals surface area contributed by atoms with E-state index < -0.39 is 0 Å². The second-order valence-corrected chi connectivity index (χ2v) is 16.4. The van der Waals surface area contributed by atoms with E-state index in [-0.39, 0.29) is 10.8 Å². The van der Waals surface area contributed by atoms with Gasteiger partial charge in [-0.25, -0.2) is 0 Å². The number of hydrogen-bond donors (Lipinski definition) is 2. The first-order chi connectivity index (χ1) is 24.0. The second kappa shape index (κ2) is 15.3. The highest BCUT2D eigenvalue weighted by atomic mass is 16.1. The number of anilines is 1. The molecule has 50 heavy (non-hydrogen) atoms. The molecule has 5 heteroatoms. The summed E-state index contributed by atoms with van der Waals surface area (Å²) in [6.07, 6.45) is 21.8. The summed E-state index contributed by atoms with van der Waals surface area (Å²) in [5.74, 6) is 1.00. The molecule has 0 radical (unpaired) electrons. The number of fused-ring (bicyclic) bond motifs is 2. The van der Waals surface area contributed by atoms with E-state index >= 15 is 0 Å². The predicted molar refractivity (Wildman–Crippen MR) is 210 cm³/mol. The average molecular weight is 674 g/mol. The Balaban J connectivity index is 1.19. The number of benzene rings is 2. The van der Waals surface area contributed by atoms with E-state index in [9.17, 15) is 4.79 Å². The molecule has 0 aromatic heterocycles. The monoisotopic (exact) mass is 673 g/mol. The normalized spacial score (nSPS) is 24.4. The van der Waals surface area contributed by atoms with Crippen LogP contribution in [0.3, 0.4) is 0 Å². The Hall–Kier alpha value is -3.70. The molecule has 5 nitrogen and oxygen atoms in total. The molecule has 0 amide bonds. The summed E-state index contributed by atoms with van der Waals surface area (Å²) in [6.45, 7) is 10.3. The highest BCUT2D eigenvalue weighted by Crippen LogP contribution is 2.47. The summed E-state index contributed by atoms with van der Waals surface area (Å²) in [4.78, 5) is 15.1. The lowest BCUT2D eigenvalue weighted by molar-refractivity contribution is -0.401. The van der Waals surface area contributed by atoms with Gasteiger partial charge in [-0.2, -0.15) is 4.58 Å². The molecule has 0 unspecified atom stereocenters. The van der Waals surface area contributed by atoms with E-state index in [1.807, 2.05) is 0 Å². The van der Waals surface area contributed by atoms with Crippen molar-refractivity contribution in [3.8, 4) is 0 Å². The lowest BCUT2D eigenvalue weighted by Gasteiger charge is -2.26. The van der Waals surface area contributed by atoms with Crippen LogP contribution >= 0.6 is 0 Å². The Labute approximate surface area is 302 Å². The molecule has 3 N–H and O–H groups in total. The molecule has 1 saturated carbocycles. The van der Waals surface area contributed by atoms with Crippen LogP contribution < -0.4 is 16.0 Å². The maximum atomic E-state index is 12.7. The molecule has 1 fully saturated rings. The predicted octanol–water partition coefficient (Wildman–Crippen LogP) is 9.55. The number of ketones is 1. The Morgan fingerprint density at radius 2 is 1.62 bits per heavy atom. The zero-order valence-electron chi connectivity index (χ0n) is 31.7. The first kappa shape index (κ1) is 36.1. The molecule has 4 aliphatic rings. The Kier molecular flexibility index (Phi) is 11.0. The third-order valence-electron chi connectivity index (χ3n) is 12.1. The van der Waals surface area contributed by atoms with Crippen LogP contribution in [0.2, 0.25) is 0 Å². The summed E-state index contributed by atoms with van der Waals surface area (Å²) < 4.78 is 2.36. The fourth-order valence-corrected chi connectivity index (χ4v) is 9.10. The van der Waals surface area contributed by atoms with Crippen molar-refractivity contribution in [1.29, 1.82) is 0 Å². The number of unbranched alkanes of at least 4 members (excludes halogenated alkanes) is 2. The minimum absolute atomic E-state index is 0.0529. The molecule has 0 bridgehead atoms. The van der Waals surface area contributed by atoms with Crippen molar-refractivity contribution in [1.82, 2.24) is 5.32 Å². The zero-order chi connectivity index (χ0) is 35.5. The van der Waals surface area contributed by atoms with Crippen LogP contribution in [0.5, 0.6) is 0 Å². The summed E-state index contributed by atoms with van der Waals surface area (Å²) in [5, 5.41) is 3.93. The number of allylic oxidation sites excluding steroid dienone is 7. The number of para-hydroxylation sites is 2. The molecule has 6 rings (SSSR count). The van der Waals surface area contributed by atoms with Gasteiger partial charge in [0.05, 0.1) is 5.41 Å². The third-order valence-corrected chi connectivity index (χ3v) is 12.1. The van der Waals surface area contributed by atoms with Gasteiger partial charge in [0.15, 0.2) is 5.71 Å². The number of carbonyl (C=O) groups excluding carboxylic acids is 1. The Bertz CT molecular complexity index is 1730. The molecule has 2 aliphatic carbocycles. The molecule has 2 aromatic carbocycles. The van der Waals surface area contributed by atoms with Crippen LogP contribution in [0.15, 0.2) is 95.4 Å². The lowest BCUT2D eigenvalue weighted by Crippen LogP contribution is -2.27. The van der Waals surface area contributed by atoms with Crippen molar-refractivity contribution in [2.24, 2.45) is 11.7 Å². The fourth-order valence-electron chi connectivity index (χ4n) is 9.10. The van der Waals surface area contributed by atoms with E-state index in [0.29, 0.717) is 24.2 Å². The lowest BCUT2D eigenvalue weighted by atomic mass is 9.81. The van der Waals surface area contributed by atoms with Gasteiger partial charge in [-0.1, -0.05) is 68.8 Å². The fraction of sp³-hybridized carbons (Fsp3) is 0.511. The van der Waals surface area contributed by atoms with E-state index in [1.165, 1.54) is 50.8 Å². The molecule has 2 aliphatic heterocycles. The molecule has 266 valence electrons. The van der Waals surface area contributed by atoms with Crippen LogP contribution in [0.1, 0.15) is 116 Å². The van der Waals surface area contributed by atoms with Gasteiger partial charge in [-0.15, -0.1) is 0 Å². The highest BCUT2D eigenvalue weighted by molar-refractivity contribution is 6.03. The van der Waals surface area contributed by atoms with Crippen LogP contribution in [0, 0.1) is 5.92 Å². The van der Waals surface area contributed by atoms with Crippen LogP contribution in [0.4, 0.5) is 11.4 Å². The van der Waals surface area contributed by atoms with Gasteiger partial charge < -0.3 is 16.0 Å². The maximum Gasteiger partial charge on any atom is 0.209 e.